The number of aromatic nitrogens is 1. The lowest BCUT2D eigenvalue weighted by Gasteiger charge is -2.06. The van der Waals surface area contributed by atoms with Crippen molar-refractivity contribution in [2.45, 2.75) is 13.3 Å². The van der Waals surface area contributed by atoms with E-state index in [0.29, 0.717) is 5.13 Å². The predicted molar refractivity (Wildman–Crippen MR) is 79.8 cm³/mol. The lowest BCUT2D eigenvalue weighted by Crippen LogP contribution is -2.24. The van der Waals surface area contributed by atoms with Crippen molar-refractivity contribution >= 4 is 33.7 Å². The van der Waals surface area contributed by atoms with Gasteiger partial charge in [-0.05, 0) is 32.0 Å². The highest BCUT2D eigenvalue weighted by Crippen LogP contribution is 2.30. The molecule has 0 aliphatic carbocycles. The summed E-state index contributed by atoms with van der Waals surface area (Å²) in [7, 11) is 0. The van der Waals surface area contributed by atoms with E-state index in [9.17, 15) is 4.79 Å². The van der Waals surface area contributed by atoms with Crippen LogP contribution < -0.4 is 10.6 Å². The van der Waals surface area contributed by atoms with E-state index in [0.717, 1.165) is 30.1 Å². The number of thiophene rings is 1. The van der Waals surface area contributed by atoms with Crippen LogP contribution in [-0.4, -0.2) is 24.0 Å². The molecule has 1 saturated heterocycles. The normalized spacial score (nSPS) is 18.7. The molecule has 0 aromatic carbocycles. The van der Waals surface area contributed by atoms with Crippen LogP contribution in [0.4, 0.5) is 5.13 Å². The number of carbonyl (C=O) groups is 1. The largest absolute Gasteiger partial charge is 0.316 e. The van der Waals surface area contributed by atoms with E-state index in [1.165, 1.54) is 16.2 Å². The highest BCUT2D eigenvalue weighted by Gasteiger charge is 2.23. The van der Waals surface area contributed by atoms with E-state index in [4.69, 9.17) is 0 Å². The van der Waals surface area contributed by atoms with Gasteiger partial charge in [-0.3, -0.25) is 4.79 Å². The molecule has 1 aliphatic heterocycles. The number of hydrogen-bond acceptors (Lipinski definition) is 5. The molecule has 3 heterocycles. The van der Waals surface area contributed by atoms with Gasteiger partial charge in [0.2, 0.25) is 5.91 Å². The second-order valence-electron chi connectivity index (χ2n) is 4.63. The first-order valence-electron chi connectivity index (χ1n) is 6.26. The third-order valence-corrected chi connectivity index (χ3v) is 4.94. The second kappa shape index (κ2) is 5.40. The average Bonchev–Trinajstić information content (AvgIpc) is 3.07. The van der Waals surface area contributed by atoms with Gasteiger partial charge in [-0.2, -0.15) is 0 Å². The summed E-state index contributed by atoms with van der Waals surface area (Å²) in [6, 6.07) is 4.16. The maximum absolute atomic E-state index is 12.0. The Morgan fingerprint density at radius 2 is 2.42 bits per heavy atom. The van der Waals surface area contributed by atoms with E-state index in [1.54, 1.807) is 11.3 Å². The predicted octanol–water partition coefficient (Wildman–Crippen LogP) is 2.73. The molecule has 0 saturated carbocycles. The minimum atomic E-state index is 0.0771. The number of thiazole rings is 1. The zero-order valence-corrected chi connectivity index (χ0v) is 12.2. The van der Waals surface area contributed by atoms with E-state index in [1.807, 2.05) is 5.38 Å². The van der Waals surface area contributed by atoms with E-state index in [2.05, 4.69) is 34.7 Å². The van der Waals surface area contributed by atoms with Crippen LogP contribution in [0.3, 0.4) is 0 Å². The molecule has 2 aromatic rings. The summed E-state index contributed by atoms with van der Waals surface area (Å²) in [6.45, 7) is 3.78. The van der Waals surface area contributed by atoms with Crippen molar-refractivity contribution in [1.29, 1.82) is 0 Å². The Morgan fingerprint density at radius 3 is 3.11 bits per heavy atom. The van der Waals surface area contributed by atoms with Crippen molar-refractivity contribution in [3.63, 3.8) is 0 Å². The Balaban J connectivity index is 1.69. The van der Waals surface area contributed by atoms with Crippen LogP contribution in [0.1, 0.15) is 11.3 Å². The van der Waals surface area contributed by atoms with Crippen LogP contribution >= 0.6 is 22.7 Å². The number of carbonyl (C=O) groups excluding carboxylic acids is 1. The fourth-order valence-corrected chi connectivity index (χ4v) is 3.72. The number of amides is 1. The molecule has 1 amide bonds. The standard InChI is InChI=1S/C13H15N3OS2/c1-8-2-3-11(19-8)10-7-18-13(15-10)16-12(17)9-4-5-14-6-9/h2-3,7,9,14H,4-6H2,1H3,(H,15,16,17). The fourth-order valence-electron chi connectivity index (χ4n) is 2.10. The number of nitrogens with zero attached hydrogens (tertiary/aromatic N) is 1. The molecule has 1 unspecified atom stereocenters. The molecule has 0 spiro atoms. The van der Waals surface area contributed by atoms with Gasteiger partial charge in [0, 0.05) is 16.8 Å². The minimum absolute atomic E-state index is 0.0771. The van der Waals surface area contributed by atoms with Crippen LogP contribution in [0.15, 0.2) is 17.5 Å². The minimum Gasteiger partial charge on any atom is -0.316 e. The first-order valence-corrected chi connectivity index (χ1v) is 7.96. The van der Waals surface area contributed by atoms with Gasteiger partial charge in [-0.25, -0.2) is 4.98 Å². The van der Waals surface area contributed by atoms with Crippen molar-refractivity contribution in [2.75, 3.05) is 18.4 Å². The van der Waals surface area contributed by atoms with E-state index < -0.39 is 0 Å². The van der Waals surface area contributed by atoms with Crippen LogP contribution in [0.25, 0.3) is 10.6 Å². The third-order valence-electron chi connectivity index (χ3n) is 3.16. The molecule has 0 radical (unpaired) electrons. The van der Waals surface area contributed by atoms with Gasteiger partial charge >= 0.3 is 0 Å². The first-order chi connectivity index (χ1) is 9.22. The lowest BCUT2D eigenvalue weighted by molar-refractivity contribution is -0.119. The van der Waals surface area contributed by atoms with E-state index in [-0.39, 0.29) is 11.8 Å². The SMILES string of the molecule is Cc1ccc(-c2csc(NC(=O)C3CCNC3)n2)s1. The summed E-state index contributed by atoms with van der Waals surface area (Å²) < 4.78 is 0. The van der Waals surface area contributed by atoms with Gasteiger partial charge in [0.1, 0.15) is 0 Å². The van der Waals surface area contributed by atoms with Crippen molar-refractivity contribution < 1.29 is 4.79 Å². The summed E-state index contributed by atoms with van der Waals surface area (Å²) in [6.07, 6.45) is 0.911. The lowest BCUT2D eigenvalue weighted by atomic mass is 10.1. The van der Waals surface area contributed by atoms with Crippen molar-refractivity contribution in [3.8, 4) is 10.6 Å². The highest BCUT2D eigenvalue weighted by molar-refractivity contribution is 7.17. The Hall–Kier alpha value is -1.24. The summed E-state index contributed by atoms with van der Waals surface area (Å²) in [4.78, 5) is 18.9. The number of aryl methyl sites for hydroxylation is 1. The zero-order valence-electron chi connectivity index (χ0n) is 10.6. The Kier molecular flexibility index (Phi) is 3.63. The molecule has 0 bridgehead atoms. The molecular weight excluding hydrogens is 278 g/mol. The smallest absolute Gasteiger partial charge is 0.230 e. The first kappa shape index (κ1) is 12.8. The van der Waals surface area contributed by atoms with Gasteiger partial charge < -0.3 is 10.6 Å². The Morgan fingerprint density at radius 1 is 1.53 bits per heavy atom. The monoisotopic (exact) mass is 293 g/mol. The fraction of sp³-hybridized carbons (Fsp3) is 0.385. The van der Waals surface area contributed by atoms with Gasteiger partial charge in [0.25, 0.3) is 0 Å². The molecule has 2 N–H and O–H groups in total. The third kappa shape index (κ3) is 2.86. The van der Waals surface area contributed by atoms with Crippen molar-refractivity contribution in [1.82, 2.24) is 10.3 Å². The van der Waals surface area contributed by atoms with E-state index >= 15 is 0 Å². The Labute approximate surface area is 119 Å². The number of anilines is 1. The average molecular weight is 293 g/mol. The quantitative estimate of drug-likeness (QED) is 0.915. The molecule has 1 atom stereocenters. The van der Waals surface area contributed by atoms with Crippen LogP contribution in [-0.2, 0) is 4.79 Å². The molecule has 6 heteroatoms. The summed E-state index contributed by atoms with van der Waals surface area (Å²) in [5.41, 5.74) is 0.947. The highest BCUT2D eigenvalue weighted by atomic mass is 32.1. The number of hydrogen-bond donors (Lipinski definition) is 2. The van der Waals surface area contributed by atoms with Crippen molar-refractivity contribution in [2.24, 2.45) is 5.92 Å². The zero-order chi connectivity index (χ0) is 13.2. The number of rotatable bonds is 3. The summed E-state index contributed by atoms with van der Waals surface area (Å²) in [5.74, 6) is 0.157. The Bertz CT molecular complexity index is 584. The summed E-state index contributed by atoms with van der Waals surface area (Å²) in [5, 5.41) is 8.80. The molecule has 1 aliphatic rings. The van der Waals surface area contributed by atoms with Crippen LogP contribution in [0.5, 0.6) is 0 Å². The van der Waals surface area contributed by atoms with Gasteiger partial charge in [-0.15, -0.1) is 22.7 Å². The molecule has 1 fully saturated rings. The molecule has 4 nitrogen and oxygen atoms in total. The number of nitrogens with one attached hydrogen (secondary N) is 2. The molecule has 19 heavy (non-hydrogen) atoms. The molecular formula is C13H15N3OS2. The molecule has 100 valence electrons. The van der Waals surface area contributed by atoms with Crippen LogP contribution in [0, 0.1) is 12.8 Å². The maximum atomic E-state index is 12.0. The van der Waals surface area contributed by atoms with Gasteiger partial charge in [0.15, 0.2) is 5.13 Å². The molecule has 2 aromatic heterocycles. The maximum Gasteiger partial charge on any atom is 0.230 e. The van der Waals surface area contributed by atoms with Crippen molar-refractivity contribution in [3.05, 3.63) is 22.4 Å². The summed E-state index contributed by atoms with van der Waals surface area (Å²) >= 11 is 3.20. The second-order valence-corrected chi connectivity index (χ2v) is 6.77. The van der Waals surface area contributed by atoms with Gasteiger partial charge in [0.05, 0.1) is 16.5 Å². The van der Waals surface area contributed by atoms with Gasteiger partial charge in [-0.1, -0.05) is 0 Å². The van der Waals surface area contributed by atoms with Crippen LogP contribution in [0.2, 0.25) is 0 Å². The topological polar surface area (TPSA) is 54.0 Å². The molecule has 3 rings (SSSR count).